The molecule has 0 saturated carbocycles. The van der Waals surface area contributed by atoms with Gasteiger partial charge in [-0.2, -0.15) is 0 Å². The lowest BCUT2D eigenvalue weighted by atomic mass is 9.98. The van der Waals surface area contributed by atoms with Crippen LogP contribution in [0, 0.1) is 13.8 Å². The monoisotopic (exact) mass is 814 g/mol. The Hall–Kier alpha value is -4.10. The molecule has 12 nitrogen and oxygen atoms in total. The molecule has 0 unspecified atom stereocenters. The van der Waals surface area contributed by atoms with E-state index < -0.39 is 5.97 Å². The zero-order valence-corrected chi connectivity index (χ0v) is 36.1. The lowest BCUT2D eigenvalue weighted by Crippen LogP contribution is -2.40. The first-order chi connectivity index (χ1) is 28.7. The van der Waals surface area contributed by atoms with Crippen LogP contribution in [0.15, 0.2) is 33.1 Å². The van der Waals surface area contributed by atoms with E-state index in [0.717, 1.165) is 149 Å². The number of benzene rings is 2. The van der Waals surface area contributed by atoms with Gasteiger partial charge in [-0.3, -0.25) is 9.80 Å². The number of rotatable bonds is 12. The highest BCUT2D eigenvalue weighted by molar-refractivity contribution is 6.07. The summed E-state index contributed by atoms with van der Waals surface area (Å²) < 4.78 is 28.7. The molecule has 4 aliphatic heterocycles. The first-order valence-corrected chi connectivity index (χ1v) is 22.3. The molecule has 4 aromatic rings. The van der Waals surface area contributed by atoms with Crippen molar-refractivity contribution in [1.82, 2.24) is 9.80 Å². The van der Waals surface area contributed by atoms with Crippen LogP contribution in [0.3, 0.4) is 0 Å². The highest BCUT2D eigenvalue weighted by atomic mass is 16.5. The Morgan fingerprint density at radius 2 is 1.07 bits per heavy atom. The van der Waals surface area contributed by atoms with Gasteiger partial charge in [0, 0.05) is 85.9 Å². The van der Waals surface area contributed by atoms with Crippen molar-refractivity contribution in [3.05, 3.63) is 58.0 Å². The van der Waals surface area contributed by atoms with Gasteiger partial charge in [0.25, 0.3) is 0 Å². The number of esters is 1. The topological polar surface area (TPSA) is 121 Å². The second kappa shape index (κ2) is 20.0. The van der Waals surface area contributed by atoms with Crippen LogP contribution in [-0.4, -0.2) is 112 Å². The summed E-state index contributed by atoms with van der Waals surface area (Å²) in [4.78, 5) is 34.5. The second-order valence-electron chi connectivity index (χ2n) is 16.8. The number of furan rings is 2. The Morgan fingerprint density at radius 3 is 1.46 bits per heavy atom. The first kappa shape index (κ1) is 43.0. The standard InChI is InChI=1S/C24H34N2O4.C23H32N2O4/c1-4-26(18-8-12-29-13-9-18)21-15-22-20(23(17(21)2)24(27)28-3)14-19(30-22)16-25-10-6-5-7-11-25;1-3-25(17-7-11-28-12-8-17)20-14-21-19(22(16(20)2)23(26)27)13-18(29-21)15-24-9-5-4-6-10-24/h14-15,18H,4-13,16H2,1-3H3;13-14,17H,3-12,15H2,1-2H3,(H,26,27). The fourth-order valence-corrected chi connectivity index (χ4v) is 9.96. The maximum Gasteiger partial charge on any atom is 0.338 e. The molecule has 0 bridgehead atoms. The van der Waals surface area contributed by atoms with Crippen molar-refractivity contribution in [2.24, 2.45) is 0 Å². The minimum Gasteiger partial charge on any atom is -0.478 e. The van der Waals surface area contributed by atoms with E-state index in [1.807, 2.05) is 26.0 Å². The smallest absolute Gasteiger partial charge is 0.338 e. The molecule has 4 saturated heterocycles. The number of fused-ring (bicyclic) bond motifs is 2. The molecule has 0 radical (unpaired) electrons. The molecule has 0 spiro atoms. The van der Waals surface area contributed by atoms with Gasteiger partial charge in [-0.25, -0.2) is 9.59 Å². The number of carboxylic acid groups (broad SMARTS) is 1. The molecule has 2 aromatic heterocycles. The van der Waals surface area contributed by atoms with Crippen LogP contribution >= 0.6 is 0 Å². The Morgan fingerprint density at radius 1 is 0.661 bits per heavy atom. The Bertz CT molecular complexity index is 2030. The van der Waals surface area contributed by atoms with E-state index in [0.29, 0.717) is 34.2 Å². The molecule has 8 rings (SSSR count). The van der Waals surface area contributed by atoms with E-state index in [-0.39, 0.29) is 5.97 Å². The third-order valence-corrected chi connectivity index (χ3v) is 13.0. The molecule has 12 heteroatoms. The third kappa shape index (κ3) is 9.77. The lowest BCUT2D eigenvalue weighted by Gasteiger charge is -2.36. The lowest BCUT2D eigenvalue weighted by molar-refractivity contribution is 0.0601. The van der Waals surface area contributed by atoms with Crippen LogP contribution < -0.4 is 9.80 Å². The summed E-state index contributed by atoms with van der Waals surface area (Å²) in [5, 5.41) is 11.6. The van der Waals surface area contributed by atoms with Gasteiger partial charge >= 0.3 is 11.9 Å². The molecule has 1 N–H and O–H groups in total. The summed E-state index contributed by atoms with van der Waals surface area (Å²) >= 11 is 0. The number of carbonyl (C=O) groups excluding carboxylic acids is 1. The van der Waals surface area contributed by atoms with E-state index >= 15 is 0 Å². The number of hydrogen-bond acceptors (Lipinski definition) is 11. The predicted molar refractivity (Wildman–Crippen MR) is 232 cm³/mol. The largest absolute Gasteiger partial charge is 0.478 e. The fraction of sp³-hybridized carbons (Fsp3) is 0.617. The van der Waals surface area contributed by atoms with Crippen LogP contribution in [0.5, 0.6) is 0 Å². The zero-order valence-electron chi connectivity index (χ0n) is 36.1. The number of methoxy groups -OCH3 is 1. The summed E-state index contributed by atoms with van der Waals surface area (Å²) in [6.07, 6.45) is 11.5. The number of carboxylic acids is 1. The number of piperidine rings is 2. The summed E-state index contributed by atoms with van der Waals surface area (Å²) in [7, 11) is 1.45. The number of ether oxygens (including phenoxy) is 3. The van der Waals surface area contributed by atoms with Crippen molar-refractivity contribution in [2.45, 2.75) is 117 Å². The molecule has 322 valence electrons. The van der Waals surface area contributed by atoms with Crippen LogP contribution in [0.2, 0.25) is 0 Å². The zero-order chi connectivity index (χ0) is 41.5. The molecule has 4 aliphatic rings. The Balaban J connectivity index is 0.000000179. The van der Waals surface area contributed by atoms with Gasteiger partial charge in [0.2, 0.25) is 0 Å². The first-order valence-electron chi connectivity index (χ1n) is 22.3. The maximum absolute atomic E-state index is 12.8. The van der Waals surface area contributed by atoms with Gasteiger partial charge in [0.1, 0.15) is 22.7 Å². The number of likely N-dealkylation sites (tertiary alicyclic amines) is 2. The average molecular weight is 815 g/mol. The number of anilines is 2. The van der Waals surface area contributed by atoms with Crippen molar-refractivity contribution in [2.75, 3.05) is 82.6 Å². The van der Waals surface area contributed by atoms with Crippen LogP contribution in [0.1, 0.15) is 121 Å². The SMILES string of the molecule is CCN(c1cc2oc(CN3CCCCC3)cc2c(C(=O)O)c1C)C1CCOCC1.CCN(c1cc2oc(CN3CCCCC3)cc2c(C(=O)OC)c1C)C1CCOCC1. The van der Waals surface area contributed by atoms with Crippen molar-refractivity contribution in [3.63, 3.8) is 0 Å². The summed E-state index contributed by atoms with van der Waals surface area (Å²) in [6.45, 7) is 19.0. The molecule has 6 heterocycles. The maximum atomic E-state index is 12.8. The summed E-state index contributed by atoms with van der Waals surface area (Å²) in [5.74, 6) is 0.591. The van der Waals surface area contributed by atoms with Gasteiger partial charge in [0.15, 0.2) is 0 Å². The van der Waals surface area contributed by atoms with Crippen LogP contribution in [0.4, 0.5) is 11.4 Å². The molecule has 2 aromatic carbocycles. The van der Waals surface area contributed by atoms with Gasteiger partial charge in [-0.15, -0.1) is 0 Å². The highest BCUT2D eigenvalue weighted by Crippen LogP contribution is 2.38. The molecule has 0 amide bonds. The van der Waals surface area contributed by atoms with E-state index in [4.69, 9.17) is 23.0 Å². The second-order valence-corrected chi connectivity index (χ2v) is 16.8. The Kier molecular flexibility index (Phi) is 14.6. The number of carbonyl (C=O) groups is 2. The van der Waals surface area contributed by atoms with Crippen molar-refractivity contribution < 1.29 is 37.7 Å². The molecule has 0 aliphatic carbocycles. The minimum absolute atomic E-state index is 0.298. The normalized spacial score (nSPS) is 18.8. The summed E-state index contributed by atoms with van der Waals surface area (Å²) in [5.41, 5.74) is 6.28. The number of hydrogen-bond donors (Lipinski definition) is 1. The van der Waals surface area contributed by atoms with Crippen molar-refractivity contribution >= 4 is 45.3 Å². The third-order valence-electron chi connectivity index (χ3n) is 13.0. The number of aromatic carboxylic acids is 1. The van der Waals surface area contributed by atoms with Crippen molar-refractivity contribution in [3.8, 4) is 0 Å². The average Bonchev–Trinajstić information content (AvgIpc) is 3.85. The highest BCUT2D eigenvalue weighted by Gasteiger charge is 2.29. The predicted octanol–water partition coefficient (Wildman–Crippen LogP) is 8.95. The Labute approximate surface area is 349 Å². The molecular formula is C47H66N4O8. The summed E-state index contributed by atoms with van der Waals surface area (Å²) in [6, 6.07) is 8.93. The van der Waals surface area contributed by atoms with Gasteiger partial charge in [-0.1, -0.05) is 12.8 Å². The van der Waals surface area contributed by atoms with E-state index in [1.165, 1.54) is 45.6 Å². The molecule has 59 heavy (non-hydrogen) atoms. The molecule has 4 fully saturated rings. The van der Waals surface area contributed by atoms with E-state index in [1.54, 1.807) is 0 Å². The van der Waals surface area contributed by atoms with Gasteiger partial charge in [-0.05, 0) is 129 Å². The van der Waals surface area contributed by atoms with Crippen molar-refractivity contribution in [1.29, 1.82) is 0 Å². The van der Waals surface area contributed by atoms with Crippen LogP contribution in [0.25, 0.3) is 21.9 Å². The van der Waals surface area contributed by atoms with E-state index in [9.17, 15) is 14.7 Å². The minimum atomic E-state index is -0.886. The fourth-order valence-electron chi connectivity index (χ4n) is 9.96. The van der Waals surface area contributed by atoms with Gasteiger partial charge < -0.3 is 38.0 Å². The van der Waals surface area contributed by atoms with Gasteiger partial charge in [0.05, 0.1) is 31.3 Å². The molecule has 0 atom stereocenters. The quantitative estimate of drug-likeness (QED) is 0.138. The molecular weight excluding hydrogens is 749 g/mol. The van der Waals surface area contributed by atoms with Crippen LogP contribution in [-0.2, 0) is 27.3 Å². The van der Waals surface area contributed by atoms with E-state index in [2.05, 4.69) is 45.6 Å². The number of nitrogens with zero attached hydrogens (tertiary/aromatic N) is 4.